The standard InChI is InChI=1S/C8H13NO/c1-3-8(10)4-5-9-7(2)6-8/h1,7,9-10H,4-6H2,2H3. The van der Waals surface area contributed by atoms with Crippen molar-refractivity contribution in [3.05, 3.63) is 0 Å². The predicted octanol–water partition coefficient (Wildman–Crippen LogP) is 0.123. The number of aliphatic hydroxyl groups is 1. The van der Waals surface area contributed by atoms with Crippen LogP contribution < -0.4 is 5.32 Å². The molecule has 10 heavy (non-hydrogen) atoms. The molecule has 0 amide bonds. The van der Waals surface area contributed by atoms with Crippen molar-refractivity contribution in [2.75, 3.05) is 6.54 Å². The van der Waals surface area contributed by atoms with Crippen LogP contribution in [0.15, 0.2) is 0 Å². The highest BCUT2D eigenvalue weighted by atomic mass is 16.3. The van der Waals surface area contributed by atoms with Crippen LogP contribution in [0.2, 0.25) is 0 Å². The van der Waals surface area contributed by atoms with Gasteiger partial charge in [-0.15, -0.1) is 6.42 Å². The second kappa shape index (κ2) is 2.61. The molecule has 1 rings (SSSR count). The van der Waals surface area contributed by atoms with Gasteiger partial charge in [-0.2, -0.15) is 0 Å². The van der Waals surface area contributed by atoms with E-state index in [0.29, 0.717) is 18.9 Å². The molecule has 0 saturated carbocycles. The Labute approximate surface area is 61.6 Å². The van der Waals surface area contributed by atoms with E-state index in [1.54, 1.807) is 0 Å². The first-order chi connectivity index (χ1) is 4.66. The van der Waals surface area contributed by atoms with E-state index >= 15 is 0 Å². The van der Waals surface area contributed by atoms with Gasteiger partial charge in [0.2, 0.25) is 0 Å². The molecule has 0 spiro atoms. The molecule has 2 unspecified atom stereocenters. The third-order valence-corrected chi connectivity index (χ3v) is 1.94. The number of hydrogen-bond donors (Lipinski definition) is 2. The first-order valence-corrected chi connectivity index (χ1v) is 3.60. The average molecular weight is 139 g/mol. The van der Waals surface area contributed by atoms with Crippen molar-refractivity contribution in [2.24, 2.45) is 0 Å². The molecule has 56 valence electrons. The summed E-state index contributed by atoms with van der Waals surface area (Å²) in [6, 6.07) is 0.342. The predicted molar refractivity (Wildman–Crippen MR) is 40.5 cm³/mol. The van der Waals surface area contributed by atoms with Crippen LogP contribution in [-0.4, -0.2) is 23.3 Å². The Kier molecular flexibility index (Phi) is 1.98. The maximum Gasteiger partial charge on any atom is 0.127 e. The van der Waals surface area contributed by atoms with Crippen LogP contribution in [0, 0.1) is 12.3 Å². The number of terminal acetylenes is 1. The van der Waals surface area contributed by atoms with Crippen LogP contribution in [-0.2, 0) is 0 Å². The fraction of sp³-hybridized carbons (Fsp3) is 0.750. The van der Waals surface area contributed by atoms with E-state index in [1.165, 1.54) is 0 Å². The molecule has 1 fully saturated rings. The summed E-state index contributed by atoms with van der Waals surface area (Å²) >= 11 is 0. The maximum absolute atomic E-state index is 9.57. The lowest BCUT2D eigenvalue weighted by atomic mass is 9.89. The monoisotopic (exact) mass is 139 g/mol. The molecule has 0 bridgehead atoms. The molecule has 1 aliphatic heterocycles. The van der Waals surface area contributed by atoms with Gasteiger partial charge in [-0.05, 0) is 19.9 Å². The number of rotatable bonds is 0. The Balaban J connectivity index is 2.56. The van der Waals surface area contributed by atoms with Crippen molar-refractivity contribution in [1.82, 2.24) is 5.32 Å². The minimum Gasteiger partial charge on any atom is -0.378 e. The van der Waals surface area contributed by atoms with Crippen molar-refractivity contribution in [2.45, 2.75) is 31.4 Å². The van der Waals surface area contributed by atoms with Crippen LogP contribution >= 0.6 is 0 Å². The molecular weight excluding hydrogens is 126 g/mol. The Bertz CT molecular complexity index is 161. The van der Waals surface area contributed by atoms with E-state index in [2.05, 4.69) is 11.2 Å². The van der Waals surface area contributed by atoms with Gasteiger partial charge in [0.05, 0.1) is 0 Å². The van der Waals surface area contributed by atoms with Gasteiger partial charge in [-0.1, -0.05) is 5.92 Å². The number of nitrogens with one attached hydrogen (secondary N) is 1. The molecule has 0 aromatic rings. The normalized spacial score (nSPS) is 40.7. The second-order valence-electron chi connectivity index (χ2n) is 2.99. The first-order valence-electron chi connectivity index (χ1n) is 3.60. The molecule has 0 aromatic heterocycles. The fourth-order valence-electron chi connectivity index (χ4n) is 1.34. The second-order valence-corrected chi connectivity index (χ2v) is 2.99. The molecule has 2 N–H and O–H groups in total. The topological polar surface area (TPSA) is 32.3 Å². The van der Waals surface area contributed by atoms with Crippen molar-refractivity contribution < 1.29 is 5.11 Å². The van der Waals surface area contributed by atoms with E-state index in [-0.39, 0.29) is 0 Å². The summed E-state index contributed by atoms with van der Waals surface area (Å²) in [6.45, 7) is 2.85. The molecule has 0 aliphatic carbocycles. The summed E-state index contributed by atoms with van der Waals surface area (Å²) in [5.41, 5.74) is -0.843. The fourth-order valence-corrected chi connectivity index (χ4v) is 1.34. The van der Waals surface area contributed by atoms with E-state index in [1.807, 2.05) is 6.92 Å². The van der Waals surface area contributed by atoms with Gasteiger partial charge < -0.3 is 10.4 Å². The van der Waals surface area contributed by atoms with Crippen molar-refractivity contribution in [1.29, 1.82) is 0 Å². The highest BCUT2D eigenvalue weighted by molar-refractivity contribution is 5.10. The Morgan fingerprint density at radius 2 is 2.50 bits per heavy atom. The van der Waals surface area contributed by atoms with Gasteiger partial charge in [0, 0.05) is 12.5 Å². The lowest BCUT2D eigenvalue weighted by molar-refractivity contribution is 0.0537. The quantitative estimate of drug-likeness (QED) is 0.467. The zero-order valence-corrected chi connectivity index (χ0v) is 6.22. The molecule has 2 nitrogen and oxygen atoms in total. The van der Waals surface area contributed by atoms with Crippen LogP contribution in [0.5, 0.6) is 0 Å². The molecule has 0 aromatic carbocycles. The maximum atomic E-state index is 9.57. The zero-order chi connectivity index (χ0) is 7.61. The lowest BCUT2D eigenvalue weighted by Gasteiger charge is -2.31. The van der Waals surface area contributed by atoms with Gasteiger partial charge in [-0.3, -0.25) is 0 Å². The summed E-state index contributed by atoms with van der Waals surface area (Å²) in [7, 11) is 0. The highest BCUT2D eigenvalue weighted by Gasteiger charge is 2.29. The molecule has 1 saturated heterocycles. The minimum absolute atomic E-state index is 0.342. The largest absolute Gasteiger partial charge is 0.378 e. The van der Waals surface area contributed by atoms with Crippen LogP contribution in [0.25, 0.3) is 0 Å². The summed E-state index contributed by atoms with van der Waals surface area (Å²) < 4.78 is 0. The summed E-state index contributed by atoms with van der Waals surface area (Å²) in [5, 5.41) is 12.8. The van der Waals surface area contributed by atoms with Crippen molar-refractivity contribution in [3.8, 4) is 12.3 Å². The molecule has 2 heteroatoms. The van der Waals surface area contributed by atoms with Gasteiger partial charge in [0.25, 0.3) is 0 Å². The van der Waals surface area contributed by atoms with Crippen LogP contribution in [0.3, 0.4) is 0 Å². The zero-order valence-electron chi connectivity index (χ0n) is 6.22. The highest BCUT2D eigenvalue weighted by Crippen LogP contribution is 2.19. The van der Waals surface area contributed by atoms with Crippen LogP contribution in [0.1, 0.15) is 19.8 Å². The number of piperidine rings is 1. The van der Waals surface area contributed by atoms with Gasteiger partial charge in [-0.25, -0.2) is 0 Å². The smallest absolute Gasteiger partial charge is 0.127 e. The first kappa shape index (κ1) is 7.59. The molecular formula is C8H13NO. The Morgan fingerprint density at radius 3 is 2.90 bits per heavy atom. The summed E-state index contributed by atoms with van der Waals surface area (Å²) in [5.74, 6) is 2.43. The van der Waals surface area contributed by atoms with Crippen molar-refractivity contribution >= 4 is 0 Å². The number of hydrogen-bond acceptors (Lipinski definition) is 2. The van der Waals surface area contributed by atoms with E-state index in [9.17, 15) is 5.11 Å². The van der Waals surface area contributed by atoms with E-state index in [0.717, 1.165) is 6.54 Å². The van der Waals surface area contributed by atoms with Gasteiger partial charge in [0.1, 0.15) is 5.60 Å². The molecule has 2 atom stereocenters. The summed E-state index contributed by atoms with van der Waals surface area (Å²) in [4.78, 5) is 0. The Hall–Kier alpha value is -0.520. The van der Waals surface area contributed by atoms with Crippen LogP contribution in [0.4, 0.5) is 0 Å². The minimum atomic E-state index is -0.843. The third-order valence-electron chi connectivity index (χ3n) is 1.94. The molecule has 1 heterocycles. The van der Waals surface area contributed by atoms with Gasteiger partial charge in [0.15, 0.2) is 0 Å². The average Bonchev–Trinajstić information content (AvgIpc) is 1.88. The summed E-state index contributed by atoms with van der Waals surface area (Å²) in [6.07, 6.45) is 6.52. The molecule has 1 aliphatic rings. The molecule has 0 radical (unpaired) electrons. The SMILES string of the molecule is C#CC1(O)CCNC(C)C1. The van der Waals surface area contributed by atoms with Crippen molar-refractivity contribution in [3.63, 3.8) is 0 Å². The Morgan fingerprint density at radius 1 is 1.80 bits per heavy atom. The van der Waals surface area contributed by atoms with Gasteiger partial charge >= 0.3 is 0 Å². The van der Waals surface area contributed by atoms with E-state index in [4.69, 9.17) is 6.42 Å². The lowest BCUT2D eigenvalue weighted by Crippen LogP contribution is -2.45. The third kappa shape index (κ3) is 1.50. The van der Waals surface area contributed by atoms with E-state index < -0.39 is 5.60 Å².